The van der Waals surface area contributed by atoms with Crippen molar-refractivity contribution in [1.29, 1.82) is 0 Å². The highest BCUT2D eigenvalue weighted by molar-refractivity contribution is 5.72. The van der Waals surface area contributed by atoms with Gasteiger partial charge in [-0.15, -0.1) is 0 Å². The molecule has 0 bridgehead atoms. The molecule has 0 aliphatic carbocycles. The molecule has 0 fully saturated rings. The quantitative estimate of drug-likeness (QED) is 0.858. The number of hydrogen-bond acceptors (Lipinski definition) is 2. The molecular formula is C14H13FO2. The summed E-state index contributed by atoms with van der Waals surface area (Å²) in [6.45, 7) is 1.89. The minimum Gasteiger partial charge on any atom is -0.507 e. The third-order valence-corrected chi connectivity index (χ3v) is 2.63. The van der Waals surface area contributed by atoms with E-state index in [9.17, 15) is 9.50 Å². The van der Waals surface area contributed by atoms with Crippen molar-refractivity contribution in [3.63, 3.8) is 0 Å². The van der Waals surface area contributed by atoms with Gasteiger partial charge in [0, 0.05) is 11.1 Å². The highest BCUT2D eigenvalue weighted by Gasteiger charge is 2.13. The van der Waals surface area contributed by atoms with Gasteiger partial charge < -0.3 is 9.84 Å². The molecule has 2 aromatic carbocycles. The minimum absolute atomic E-state index is 0.0581. The number of benzene rings is 2. The number of phenolic OH excluding ortho intramolecular Hbond substituents is 1. The molecule has 2 nitrogen and oxygen atoms in total. The summed E-state index contributed by atoms with van der Waals surface area (Å²) >= 11 is 0. The Balaban J connectivity index is 2.64. The maximum Gasteiger partial charge on any atom is 0.172 e. The van der Waals surface area contributed by atoms with Crippen LogP contribution in [0.25, 0.3) is 11.1 Å². The lowest BCUT2D eigenvalue weighted by atomic mass is 10.0. The molecule has 0 atom stereocenters. The molecule has 2 rings (SSSR count). The zero-order valence-corrected chi connectivity index (χ0v) is 9.70. The van der Waals surface area contributed by atoms with Gasteiger partial charge in [0.1, 0.15) is 5.75 Å². The minimum atomic E-state index is -0.462. The number of ether oxygens (including phenoxy) is 1. The Morgan fingerprint density at radius 1 is 1.12 bits per heavy atom. The van der Waals surface area contributed by atoms with Gasteiger partial charge in [-0.05, 0) is 25.1 Å². The highest BCUT2D eigenvalue weighted by Crippen LogP contribution is 2.34. The van der Waals surface area contributed by atoms with Gasteiger partial charge in [0.15, 0.2) is 11.6 Å². The van der Waals surface area contributed by atoms with Crippen molar-refractivity contribution in [3.8, 4) is 22.6 Å². The zero-order chi connectivity index (χ0) is 12.4. The molecule has 2 aromatic rings. The average Bonchev–Trinajstić information content (AvgIpc) is 2.33. The molecule has 0 radical (unpaired) electrons. The Morgan fingerprint density at radius 3 is 2.59 bits per heavy atom. The largest absolute Gasteiger partial charge is 0.507 e. The van der Waals surface area contributed by atoms with Crippen LogP contribution in [-0.4, -0.2) is 12.2 Å². The standard InChI is InChI=1S/C14H13FO2/c1-9-6-7-12(16)11(8-9)10-4-3-5-13(17-2)14(10)15/h3-8,16H,1-2H3. The summed E-state index contributed by atoms with van der Waals surface area (Å²) in [6, 6.07) is 9.94. The predicted molar refractivity (Wildman–Crippen MR) is 64.8 cm³/mol. The molecule has 0 saturated carbocycles. The summed E-state index contributed by atoms with van der Waals surface area (Å²) in [5, 5.41) is 9.77. The lowest BCUT2D eigenvalue weighted by Gasteiger charge is -2.09. The van der Waals surface area contributed by atoms with Gasteiger partial charge >= 0.3 is 0 Å². The third-order valence-electron chi connectivity index (χ3n) is 2.63. The van der Waals surface area contributed by atoms with Crippen LogP contribution >= 0.6 is 0 Å². The summed E-state index contributed by atoms with van der Waals surface area (Å²) < 4.78 is 19.0. The lowest BCUT2D eigenvalue weighted by Crippen LogP contribution is -1.91. The second-order valence-corrected chi connectivity index (χ2v) is 3.84. The summed E-state index contributed by atoms with van der Waals surface area (Å²) in [5.41, 5.74) is 1.77. The van der Waals surface area contributed by atoms with Crippen LogP contribution in [0.2, 0.25) is 0 Å². The number of rotatable bonds is 2. The summed E-state index contributed by atoms with van der Waals surface area (Å²) in [7, 11) is 1.41. The summed E-state index contributed by atoms with van der Waals surface area (Å²) in [5.74, 6) is -0.234. The van der Waals surface area contributed by atoms with E-state index in [0.717, 1.165) is 5.56 Å². The second kappa shape index (κ2) is 4.45. The molecule has 0 unspecified atom stereocenters. The molecule has 0 spiro atoms. The van der Waals surface area contributed by atoms with Gasteiger partial charge in [-0.2, -0.15) is 0 Å². The number of hydrogen-bond donors (Lipinski definition) is 1. The molecule has 0 heterocycles. The van der Waals surface area contributed by atoms with Crippen LogP contribution < -0.4 is 4.74 Å². The van der Waals surface area contributed by atoms with Crippen molar-refractivity contribution < 1.29 is 14.2 Å². The Bertz CT molecular complexity index is 550. The fourth-order valence-electron chi connectivity index (χ4n) is 1.74. The van der Waals surface area contributed by atoms with Gasteiger partial charge in [0.25, 0.3) is 0 Å². The SMILES string of the molecule is COc1cccc(-c2cc(C)ccc2O)c1F. The van der Waals surface area contributed by atoms with Crippen molar-refractivity contribution in [3.05, 3.63) is 47.8 Å². The third kappa shape index (κ3) is 2.09. The molecule has 17 heavy (non-hydrogen) atoms. The monoisotopic (exact) mass is 232 g/mol. The molecular weight excluding hydrogens is 219 g/mol. The van der Waals surface area contributed by atoms with Crippen LogP contribution in [0.15, 0.2) is 36.4 Å². The molecule has 0 aromatic heterocycles. The van der Waals surface area contributed by atoms with Crippen LogP contribution in [0.3, 0.4) is 0 Å². The van der Waals surface area contributed by atoms with E-state index in [1.807, 2.05) is 6.92 Å². The topological polar surface area (TPSA) is 29.5 Å². The van der Waals surface area contributed by atoms with Gasteiger partial charge in [0.05, 0.1) is 7.11 Å². The van der Waals surface area contributed by atoms with E-state index in [0.29, 0.717) is 11.1 Å². The van der Waals surface area contributed by atoms with E-state index >= 15 is 0 Å². The number of phenols is 1. The first-order valence-corrected chi connectivity index (χ1v) is 5.26. The van der Waals surface area contributed by atoms with Crippen molar-refractivity contribution in [1.82, 2.24) is 0 Å². The van der Waals surface area contributed by atoms with Crippen LogP contribution in [0.1, 0.15) is 5.56 Å². The van der Waals surface area contributed by atoms with Crippen molar-refractivity contribution in [2.24, 2.45) is 0 Å². The van der Waals surface area contributed by atoms with Crippen molar-refractivity contribution in [2.45, 2.75) is 6.92 Å². The number of halogens is 1. The molecule has 1 N–H and O–H groups in total. The zero-order valence-electron chi connectivity index (χ0n) is 9.70. The first kappa shape index (κ1) is 11.5. The fraction of sp³-hybridized carbons (Fsp3) is 0.143. The Hall–Kier alpha value is -2.03. The average molecular weight is 232 g/mol. The van der Waals surface area contributed by atoms with Gasteiger partial charge in [0.2, 0.25) is 0 Å². The smallest absolute Gasteiger partial charge is 0.172 e. The normalized spacial score (nSPS) is 10.3. The van der Waals surface area contributed by atoms with E-state index in [-0.39, 0.29) is 11.5 Å². The van der Waals surface area contributed by atoms with E-state index in [1.54, 1.807) is 36.4 Å². The predicted octanol–water partition coefficient (Wildman–Crippen LogP) is 3.52. The molecule has 0 amide bonds. The van der Waals surface area contributed by atoms with Crippen LogP contribution in [0.4, 0.5) is 4.39 Å². The molecule has 0 saturated heterocycles. The number of aromatic hydroxyl groups is 1. The molecule has 0 aliphatic rings. The Morgan fingerprint density at radius 2 is 1.88 bits per heavy atom. The van der Waals surface area contributed by atoms with Gasteiger partial charge in [-0.1, -0.05) is 23.8 Å². The molecule has 0 aliphatic heterocycles. The molecule has 88 valence electrons. The maximum absolute atomic E-state index is 14.0. The molecule has 3 heteroatoms. The highest BCUT2D eigenvalue weighted by atomic mass is 19.1. The Kier molecular flexibility index (Phi) is 3.00. The second-order valence-electron chi connectivity index (χ2n) is 3.84. The number of aryl methyl sites for hydroxylation is 1. The number of methoxy groups -OCH3 is 1. The first-order valence-electron chi connectivity index (χ1n) is 5.26. The Labute approximate surface area is 99.3 Å². The van der Waals surface area contributed by atoms with Crippen molar-refractivity contribution >= 4 is 0 Å². The van der Waals surface area contributed by atoms with Crippen molar-refractivity contribution in [2.75, 3.05) is 7.11 Å². The van der Waals surface area contributed by atoms with Crippen LogP contribution in [-0.2, 0) is 0 Å². The van der Waals surface area contributed by atoms with E-state index in [2.05, 4.69) is 0 Å². The maximum atomic E-state index is 14.0. The lowest BCUT2D eigenvalue weighted by molar-refractivity contribution is 0.387. The summed E-state index contributed by atoms with van der Waals surface area (Å²) in [4.78, 5) is 0. The first-order chi connectivity index (χ1) is 8.13. The fourth-order valence-corrected chi connectivity index (χ4v) is 1.74. The van der Waals surface area contributed by atoms with Crippen LogP contribution in [0.5, 0.6) is 11.5 Å². The van der Waals surface area contributed by atoms with E-state index < -0.39 is 5.82 Å². The van der Waals surface area contributed by atoms with Gasteiger partial charge in [-0.3, -0.25) is 0 Å². The van der Waals surface area contributed by atoms with E-state index in [4.69, 9.17) is 4.74 Å². The van der Waals surface area contributed by atoms with Gasteiger partial charge in [-0.25, -0.2) is 4.39 Å². The summed E-state index contributed by atoms with van der Waals surface area (Å²) in [6.07, 6.45) is 0. The van der Waals surface area contributed by atoms with E-state index in [1.165, 1.54) is 7.11 Å². The van der Waals surface area contributed by atoms with Crippen LogP contribution in [0, 0.1) is 12.7 Å².